The summed E-state index contributed by atoms with van der Waals surface area (Å²) in [6, 6.07) is 5.31. The van der Waals surface area contributed by atoms with E-state index in [4.69, 9.17) is 9.47 Å². The van der Waals surface area contributed by atoms with Gasteiger partial charge >= 0.3 is 0 Å². The third-order valence-corrected chi connectivity index (χ3v) is 3.58. The first-order valence-electron chi connectivity index (χ1n) is 6.01. The van der Waals surface area contributed by atoms with E-state index in [9.17, 15) is 13.2 Å². The Morgan fingerprint density at radius 1 is 1.20 bits per heavy atom. The van der Waals surface area contributed by atoms with Crippen molar-refractivity contribution >= 4 is 15.7 Å². The van der Waals surface area contributed by atoms with E-state index >= 15 is 0 Å². The second-order valence-corrected chi connectivity index (χ2v) is 6.61. The number of carbonyl (C=O) groups is 1. The predicted molar refractivity (Wildman–Crippen MR) is 75.7 cm³/mol. The number of carbonyl (C=O) groups excluding carboxylic acids is 1. The van der Waals surface area contributed by atoms with Gasteiger partial charge in [-0.25, -0.2) is 8.42 Å². The summed E-state index contributed by atoms with van der Waals surface area (Å²) in [5, 5.41) is 2.66. The van der Waals surface area contributed by atoms with Gasteiger partial charge in [0.15, 0.2) is 11.5 Å². The molecule has 0 unspecified atom stereocenters. The molecule has 0 spiro atoms. The number of sulfone groups is 1. The fourth-order valence-corrected chi connectivity index (χ4v) is 2.11. The molecule has 1 amide bonds. The monoisotopic (exact) mass is 301 g/mol. The average Bonchev–Trinajstić information content (AvgIpc) is 2.41. The highest BCUT2D eigenvalue weighted by atomic mass is 32.2. The number of benzene rings is 1. The van der Waals surface area contributed by atoms with Crippen molar-refractivity contribution in [3.8, 4) is 11.5 Å². The van der Waals surface area contributed by atoms with Gasteiger partial charge in [0.25, 0.3) is 0 Å². The van der Waals surface area contributed by atoms with Crippen molar-refractivity contribution in [3.63, 3.8) is 0 Å². The van der Waals surface area contributed by atoms with Crippen LogP contribution in [0.1, 0.15) is 12.0 Å². The molecule has 1 N–H and O–H groups in total. The van der Waals surface area contributed by atoms with Crippen molar-refractivity contribution in [2.24, 2.45) is 0 Å². The molecule has 0 aromatic heterocycles. The number of hydrogen-bond donors (Lipinski definition) is 1. The summed E-state index contributed by atoms with van der Waals surface area (Å²) in [6.45, 7) is 0.308. The van der Waals surface area contributed by atoms with Crippen LogP contribution in [-0.4, -0.2) is 40.6 Å². The molecule has 0 saturated carbocycles. The maximum absolute atomic E-state index is 11.5. The van der Waals surface area contributed by atoms with Crippen LogP contribution in [-0.2, 0) is 21.2 Å². The summed E-state index contributed by atoms with van der Waals surface area (Å²) in [7, 11) is -0.0390. The molecule has 0 heterocycles. The number of ether oxygens (including phenoxy) is 2. The Bertz CT molecular complexity index is 568. The number of hydrogen-bond acceptors (Lipinski definition) is 5. The minimum atomic E-state index is -3.12. The molecule has 0 saturated heterocycles. The number of rotatable bonds is 7. The van der Waals surface area contributed by atoms with Crippen LogP contribution < -0.4 is 14.8 Å². The van der Waals surface area contributed by atoms with E-state index in [-0.39, 0.29) is 18.1 Å². The van der Waals surface area contributed by atoms with Crippen molar-refractivity contribution in [2.75, 3.05) is 26.2 Å². The van der Waals surface area contributed by atoms with Crippen LogP contribution in [0.15, 0.2) is 18.2 Å². The van der Waals surface area contributed by atoms with Gasteiger partial charge in [0, 0.05) is 19.2 Å². The Hall–Kier alpha value is -1.76. The van der Waals surface area contributed by atoms with Crippen LogP contribution in [0.25, 0.3) is 0 Å². The topological polar surface area (TPSA) is 81.7 Å². The zero-order valence-corrected chi connectivity index (χ0v) is 12.6. The van der Waals surface area contributed by atoms with Crippen LogP contribution in [0.4, 0.5) is 0 Å². The van der Waals surface area contributed by atoms with Crippen molar-refractivity contribution in [1.29, 1.82) is 0 Å². The van der Waals surface area contributed by atoms with Crippen LogP contribution in [0, 0.1) is 0 Å². The predicted octanol–water partition coefficient (Wildman–Crippen LogP) is 0.755. The second kappa shape index (κ2) is 7.14. The molecule has 1 aromatic carbocycles. The molecule has 0 aliphatic carbocycles. The first-order chi connectivity index (χ1) is 9.35. The van der Waals surface area contributed by atoms with Crippen molar-refractivity contribution in [3.05, 3.63) is 23.8 Å². The Morgan fingerprint density at radius 2 is 1.85 bits per heavy atom. The fourth-order valence-electron chi connectivity index (χ4n) is 1.56. The number of methoxy groups -OCH3 is 2. The zero-order valence-electron chi connectivity index (χ0n) is 11.8. The summed E-state index contributed by atoms with van der Waals surface area (Å²) >= 11 is 0. The lowest BCUT2D eigenvalue weighted by molar-refractivity contribution is -0.120. The summed E-state index contributed by atoms with van der Waals surface area (Å²) in [6.07, 6.45) is 1.07. The maximum atomic E-state index is 11.5. The van der Waals surface area contributed by atoms with E-state index in [2.05, 4.69) is 5.32 Å². The molecule has 7 heteroatoms. The van der Waals surface area contributed by atoms with Gasteiger partial charge in [0.2, 0.25) is 5.91 Å². The standard InChI is InChI=1S/C13H19NO5S/c1-18-11-5-4-10(8-12(11)19-2)9-14-13(15)6-7-20(3,16)17/h4-5,8H,6-7,9H2,1-3H3,(H,14,15). The third kappa shape index (κ3) is 5.48. The molecular weight excluding hydrogens is 282 g/mol. The highest BCUT2D eigenvalue weighted by Gasteiger charge is 2.09. The molecule has 112 valence electrons. The molecule has 0 fully saturated rings. The molecule has 6 nitrogen and oxygen atoms in total. The molecule has 0 aliphatic heterocycles. The Kier molecular flexibility index (Phi) is 5.82. The van der Waals surface area contributed by atoms with Gasteiger partial charge < -0.3 is 14.8 Å². The van der Waals surface area contributed by atoms with E-state index < -0.39 is 9.84 Å². The molecule has 0 radical (unpaired) electrons. The summed E-state index contributed by atoms with van der Waals surface area (Å²) < 4.78 is 32.2. The lowest BCUT2D eigenvalue weighted by Crippen LogP contribution is -2.24. The summed E-state index contributed by atoms with van der Waals surface area (Å²) in [5.41, 5.74) is 0.843. The number of amides is 1. The smallest absolute Gasteiger partial charge is 0.221 e. The molecule has 1 aromatic rings. The van der Waals surface area contributed by atoms with Gasteiger partial charge in [0.1, 0.15) is 9.84 Å². The van der Waals surface area contributed by atoms with E-state index in [1.54, 1.807) is 25.3 Å². The molecule has 1 rings (SSSR count). The van der Waals surface area contributed by atoms with Crippen LogP contribution >= 0.6 is 0 Å². The Balaban J connectivity index is 2.55. The van der Waals surface area contributed by atoms with Crippen molar-refractivity contribution < 1.29 is 22.7 Å². The average molecular weight is 301 g/mol. The highest BCUT2D eigenvalue weighted by molar-refractivity contribution is 7.90. The van der Waals surface area contributed by atoms with Crippen molar-refractivity contribution in [1.82, 2.24) is 5.32 Å². The van der Waals surface area contributed by atoms with Gasteiger partial charge in [-0.2, -0.15) is 0 Å². The molecule has 0 bridgehead atoms. The number of nitrogens with one attached hydrogen (secondary N) is 1. The Morgan fingerprint density at radius 3 is 2.40 bits per heavy atom. The van der Waals surface area contributed by atoms with E-state index in [0.717, 1.165) is 11.8 Å². The minimum Gasteiger partial charge on any atom is -0.493 e. The van der Waals surface area contributed by atoms with Crippen LogP contribution in [0.2, 0.25) is 0 Å². The highest BCUT2D eigenvalue weighted by Crippen LogP contribution is 2.27. The maximum Gasteiger partial charge on any atom is 0.221 e. The third-order valence-electron chi connectivity index (χ3n) is 2.64. The summed E-state index contributed by atoms with van der Waals surface area (Å²) in [4.78, 5) is 11.5. The lowest BCUT2D eigenvalue weighted by Gasteiger charge is -2.10. The van der Waals surface area contributed by atoms with Crippen LogP contribution in [0.5, 0.6) is 11.5 Å². The Labute approximate surface area is 119 Å². The van der Waals surface area contributed by atoms with Gasteiger partial charge in [0.05, 0.1) is 20.0 Å². The quantitative estimate of drug-likeness (QED) is 0.804. The van der Waals surface area contributed by atoms with E-state index in [1.807, 2.05) is 0 Å². The molecule has 0 aliphatic rings. The lowest BCUT2D eigenvalue weighted by atomic mass is 10.2. The van der Waals surface area contributed by atoms with Gasteiger partial charge in [-0.15, -0.1) is 0 Å². The first-order valence-corrected chi connectivity index (χ1v) is 8.07. The van der Waals surface area contributed by atoms with Gasteiger partial charge in [-0.05, 0) is 17.7 Å². The normalized spacial score (nSPS) is 10.9. The van der Waals surface area contributed by atoms with Crippen molar-refractivity contribution in [2.45, 2.75) is 13.0 Å². The zero-order chi connectivity index (χ0) is 15.2. The van der Waals surface area contributed by atoms with Gasteiger partial charge in [-0.1, -0.05) is 6.07 Å². The fraction of sp³-hybridized carbons (Fsp3) is 0.462. The van der Waals surface area contributed by atoms with Gasteiger partial charge in [-0.3, -0.25) is 4.79 Å². The largest absolute Gasteiger partial charge is 0.493 e. The second-order valence-electron chi connectivity index (χ2n) is 4.35. The minimum absolute atomic E-state index is 0.0356. The summed E-state index contributed by atoms with van der Waals surface area (Å²) in [5.74, 6) is 0.741. The van der Waals surface area contributed by atoms with E-state index in [1.165, 1.54) is 7.11 Å². The van der Waals surface area contributed by atoms with Crippen LogP contribution in [0.3, 0.4) is 0 Å². The molecule has 20 heavy (non-hydrogen) atoms. The SMILES string of the molecule is COc1ccc(CNC(=O)CCS(C)(=O)=O)cc1OC. The molecular formula is C13H19NO5S. The molecule has 0 atom stereocenters. The van der Waals surface area contributed by atoms with E-state index in [0.29, 0.717) is 18.0 Å². The first kappa shape index (κ1) is 16.3.